The second-order valence-electron chi connectivity index (χ2n) is 3.44. The molecule has 0 atom stereocenters. The average Bonchev–Trinajstić information content (AvgIpc) is 2.27. The van der Waals surface area contributed by atoms with Gasteiger partial charge in [0.15, 0.2) is 0 Å². The van der Waals surface area contributed by atoms with E-state index < -0.39 is 0 Å². The summed E-state index contributed by atoms with van der Waals surface area (Å²) in [4.78, 5) is 0. The minimum atomic E-state index is -0.0746. The molecule has 0 bridgehead atoms. The summed E-state index contributed by atoms with van der Waals surface area (Å²) in [5, 5.41) is 17.2. The summed E-state index contributed by atoms with van der Waals surface area (Å²) in [6.45, 7) is 7.50. The van der Waals surface area contributed by atoms with Crippen molar-refractivity contribution in [2.75, 3.05) is 0 Å². The molecule has 0 radical (unpaired) electrons. The van der Waals surface area contributed by atoms with E-state index in [1.54, 1.807) is 12.1 Å². The minimum Gasteiger partial charge on any atom is -0.192 e. The SMILES string of the molecule is C=C(C)C.N#Cc1c(Cl)c(Cl)c(Cl)c(C#N)c1Cl. The van der Waals surface area contributed by atoms with Crippen LogP contribution in [0.3, 0.4) is 0 Å². The first kappa shape index (κ1) is 17.1. The Morgan fingerprint density at radius 2 is 1.11 bits per heavy atom. The van der Waals surface area contributed by atoms with Gasteiger partial charge in [-0.05, 0) is 13.8 Å². The molecular weight excluding hydrogens is 314 g/mol. The van der Waals surface area contributed by atoms with Crippen LogP contribution in [0.15, 0.2) is 12.2 Å². The van der Waals surface area contributed by atoms with Crippen molar-refractivity contribution in [3.8, 4) is 12.1 Å². The maximum Gasteiger partial charge on any atom is 0.102 e. The van der Waals surface area contributed by atoms with E-state index in [0.29, 0.717) is 0 Å². The van der Waals surface area contributed by atoms with E-state index in [-0.39, 0.29) is 31.2 Å². The van der Waals surface area contributed by atoms with Gasteiger partial charge in [-0.25, -0.2) is 0 Å². The highest BCUT2D eigenvalue weighted by molar-refractivity contribution is 6.50. The fourth-order valence-electron chi connectivity index (χ4n) is 0.830. The number of allylic oxidation sites excluding steroid dienone is 1. The summed E-state index contributed by atoms with van der Waals surface area (Å²) in [6, 6.07) is 3.50. The Balaban J connectivity index is 0.000000631. The van der Waals surface area contributed by atoms with Crippen molar-refractivity contribution in [1.82, 2.24) is 0 Å². The number of rotatable bonds is 0. The molecule has 2 nitrogen and oxygen atoms in total. The quantitative estimate of drug-likeness (QED) is 0.353. The number of hydrogen-bond donors (Lipinski definition) is 0. The first-order chi connectivity index (χ1) is 8.27. The Morgan fingerprint density at radius 3 is 1.33 bits per heavy atom. The molecule has 0 saturated heterocycles. The van der Waals surface area contributed by atoms with Crippen LogP contribution in [0.2, 0.25) is 20.1 Å². The molecule has 0 spiro atoms. The third-order valence-corrected chi connectivity index (χ3v) is 3.19. The lowest BCUT2D eigenvalue weighted by atomic mass is 10.1. The number of nitrogens with zero attached hydrogens (tertiary/aromatic N) is 2. The van der Waals surface area contributed by atoms with E-state index in [1.165, 1.54) is 5.57 Å². The highest BCUT2D eigenvalue weighted by atomic mass is 35.5. The smallest absolute Gasteiger partial charge is 0.102 e. The fourth-order valence-corrected chi connectivity index (χ4v) is 1.90. The van der Waals surface area contributed by atoms with E-state index in [1.807, 2.05) is 13.8 Å². The lowest BCUT2D eigenvalue weighted by Gasteiger charge is -2.05. The minimum absolute atomic E-state index is 0.0363. The summed E-state index contributed by atoms with van der Waals surface area (Å²) in [6.07, 6.45) is 0. The van der Waals surface area contributed by atoms with Gasteiger partial charge < -0.3 is 0 Å². The van der Waals surface area contributed by atoms with Gasteiger partial charge in [0.25, 0.3) is 0 Å². The summed E-state index contributed by atoms with van der Waals surface area (Å²) >= 11 is 22.8. The van der Waals surface area contributed by atoms with Gasteiger partial charge >= 0.3 is 0 Å². The monoisotopic (exact) mass is 320 g/mol. The van der Waals surface area contributed by atoms with Gasteiger partial charge in [-0.15, -0.1) is 6.58 Å². The molecule has 0 aliphatic rings. The van der Waals surface area contributed by atoms with Gasteiger partial charge in [0.1, 0.15) is 12.1 Å². The Bertz CT molecular complexity index is 520. The highest BCUT2D eigenvalue weighted by Gasteiger charge is 2.19. The summed E-state index contributed by atoms with van der Waals surface area (Å²) in [7, 11) is 0. The summed E-state index contributed by atoms with van der Waals surface area (Å²) in [5.74, 6) is 0. The standard InChI is InChI=1S/C8Cl4N2.C4H8/c9-5-3(1-13)6(10)8(12)7(11)4(5)2-14;1-4(2)3/h;1H2,2-3H3. The lowest BCUT2D eigenvalue weighted by molar-refractivity contribution is 1.42. The Hall–Kier alpha value is -0.900. The molecule has 1 rings (SSSR count). The topological polar surface area (TPSA) is 47.6 Å². The van der Waals surface area contributed by atoms with Crippen LogP contribution < -0.4 is 0 Å². The second kappa shape index (κ2) is 7.52. The van der Waals surface area contributed by atoms with Crippen LogP contribution in [0, 0.1) is 22.7 Å². The van der Waals surface area contributed by atoms with Crippen LogP contribution in [0.4, 0.5) is 0 Å². The van der Waals surface area contributed by atoms with Crippen LogP contribution in [-0.2, 0) is 0 Å². The van der Waals surface area contributed by atoms with E-state index in [0.717, 1.165) is 0 Å². The molecule has 0 aromatic heterocycles. The molecule has 0 saturated carbocycles. The summed E-state index contributed by atoms with van der Waals surface area (Å²) in [5.41, 5.74) is 1.08. The molecule has 1 aromatic rings. The van der Waals surface area contributed by atoms with Crippen molar-refractivity contribution in [1.29, 1.82) is 10.5 Å². The van der Waals surface area contributed by atoms with E-state index in [9.17, 15) is 0 Å². The zero-order valence-electron chi connectivity index (χ0n) is 9.61. The van der Waals surface area contributed by atoms with Gasteiger partial charge in [0.05, 0.1) is 31.2 Å². The number of nitriles is 2. The van der Waals surface area contributed by atoms with Crippen LogP contribution in [0.1, 0.15) is 25.0 Å². The third-order valence-electron chi connectivity index (χ3n) is 1.49. The highest BCUT2D eigenvalue weighted by Crippen LogP contribution is 2.40. The average molecular weight is 322 g/mol. The molecular formula is C12H8Cl4N2. The molecule has 0 aliphatic heterocycles. The van der Waals surface area contributed by atoms with E-state index in [4.69, 9.17) is 56.9 Å². The van der Waals surface area contributed by atoms with Crippen molar-refractivity contribution in [2.24, 2.45) is 0 Å². The molecule has 0 heterocycles. The Labute approximate surface area is 126 Å². The molecule has 0 N–H and O–H groups in total. The van der Waals surface area contributed by atoms with Crippen molar-refractivity contribution in [3.05, 3.63) is 43.4 Å². The van der Waals surface area contributed by atoms with Crippen LogP contribution in [-0.4, -0.2) is 0 Å². The van der Waals surface area contributed by atoms with Crippen molar-refractivity contribution < 1.29 is 0 Å². The van der Waals surface area contributed by atoms with Crippen LogP contribution >= 0.6 is 46.4 Å². The van der Waals surface area contributed by atoms with Crippen molar-refractivity contribution in [2.45, 2.75) is 13.8 Å². The number of halogens is 4. The first-order valence-corrected chi connectivity index (χ1v) is 6.07. The molecule has 18 heavy (non-hydrogen) atoms. The molecule has 0 aliphatic carbocycles. The maximum atomic E-state index is 8.70. The zero-order chi connectivity index (χ0) is 14.5. The van der Waals surface area contributed by atoms with Crippen molar-refractivity contribution in [3.63, 3.8) is 0 Å². The van der Waals surface area contributed by atoms with E-state index in [2.05, 4.69) is 6.58 Å². The van der Waals surface area contributed by atoms with E-state index >= 15 is 0 Å². The van der Waals surface area contributed by atoms with Gasteiger partial charge in [0.2, 0.25) is 0 Å². The molecule has 6 heteroatoms. The maximum absolute atomic E-state index is 8.70. The van der Waals surface area contributed by atoms with Gasteiger partial charge in [0, 0.05) is 0 Å². The molecule has 1 aromatic carbocycles. The van der Waals surface area contributed by atoms with Crippen LogP contribution in [0.25, 0.3) is 0 Å². The predicted octanol–water partition coefficient (Wildman–Crippen LogP) is 5.63. The van der Waals surface area contributed by atoms with Crippen LogP contribution in [0.5, 0.6) is 0 Å². The molecule has 94 valence electrons. The first-order valence-electron chi connectivity index (χ1n) is 4.56. The Kier molecular flexibility index (Phi) is 7.14. The summed E-state index contributed by atoms with van der Waals surface area (Å²) < 4.78 is 0. The zero-order valence-corrected chi connectivity index (χ0v) is 12.6. The Morgan fingerprint density at radius 1 is 0.833 bits per heavy atom. The van der Waals surface area contributed by atoms with Crippen molar-refractivity contribution >= 4 is 46.4 Å². The number of hydrogen-bond acceptors (Lipinski definition) is 2. The number of benzene rings is 1. The largest absolute Gasteiger partial charge is 0.192 e. The van der Waals surface area contributed by atoms with Gasteiger partial charge in [-0.1, -0.05) is 52.0 Å². The van der Waals surface area contributed by atoms with Gasteiger partial charge in [-0.3, -0.25) is 0 Å². The normalized spacial score (nSPS) is 8.67. The fraction of sp³-hybridized carbons (Fsp3) is 0.167. The lowest BCUT2D eigenvalue weighted by Crippen LogP contribution is -1.89. The van der Waals surface area contributed by atoms with Gasteiger partial charge in [-0.2, -0.15) is 10.5 Å². The molecule has 0 fully saturated rings. The third kappa shape index (κ3) is 4.09. The predicted molar refractivity (Wildman–Crippen MR) is 76.4 cm³/mol. The molecule has 0 amide bonds. The molecule has 0 unspecified atom stereocenters. The second-order valence-corrected chi connectivity index (χ2v) is 4.95.